The van der Waals surface area contributed by atoms with Crippen molar-refractivity contribution in [2.75, 3.05) is 52.5 Å². The first-order valence-corrected chi connectivity index (χ1v) is 13.3. The SMILES string of the molecule is CCc1ccc(CN2CCC(Oc3ccc(C(=O)NCCCN4CCOCC4)cc3Cl)CC2)cc1. The molecule has 0 aliphatic carbocycles. The highest BCUT2D eigenvalue weighted by molar-refractivity contribution is 6.32. The highest BCUT2D eigenvalue weighted by Crippen LogP contribution is 2.29. The lowest BCUT2D eigenvalue weighted by Crippen LogP contribution is -2.38. The first kappa shape index (κ1) is 26.0. The molecule has 7 heteroatoms. The van der Waals surface area contributed by atoms with Crippen LogP contribution in [0.25, 0.3) is 0 Å². The zero-order chi connectivity index (χ0) is 24.5. The Morgan fingerprint density at radius 1 is 1.03 bits per heavy atom. The number of rotatable bonds is 10. The molecule has 1 amide bonds. The first-order chi connectivity index (χ1) is 17.1. The summed E-state index contributed by atoms with van der Waals surface area (Å²) < 4.78 is 11.6. The van der Waals surface area contributed by atoms with Crippen molar-refractivity contribution in [2.24, 2.45) is 0 Å². The molecule has 4 rings (SSSR count). The van der Waals surface area contributed by atoms with E-state index in [9.17, 15) is 4.79 Å². The molecule has 2 aliphatic heterocycles. The number of aryl methyl sites for hydroxylation is 1. The van der Waals surface area contributed by atoms with Crippen LogP contribution in [-0.2, 0) is 17.7 Å². The Hall–Kier alpha value is -2.12. The van der Waals surface area contributed by atoms with E-state index in [-0.39, 0.29) is 12.0 Å². The molecule has 2 saturated heterocycles. The van der Waals surface area contributed by atoms with E-state index in [4.69, 9.17) is 21.1 Å². The van der Waals surface area contributed by atoms with Crippen molar-refractivity contribution in [3.05, 3.63) is 64.2 Å². The minimum Gasteiger partial charge on any atom is -0.489 e. The summed E-state index contributed by atoms with van der Waals surface area (Å²) in [6.07, 6.45) is 4.07. The zero-order valence-electron chi connectivity index (χ0n) is 20.8. The Bertz CT molecular complexity index is 939. The van der Waals surface area contributed by atoms with Gasteiger partial charge in [0.05, 0.1) is 18.2 Å². The van der Waals surface area contributed by atoms with Crippen molar-refractivity contribution >= 4 is 17.5 Å². The van der Waals surface area contributed by atoms with E-state index in [1.165, 1.54) is 11.1 Å². The number of carbonyl (C=O) groups is 1. The Labute approximate surface area is 214 Å². The van der Waals surface area contributed by atoms with Gasteiger partial charge in [-0.15, -0.1) is 0 Å². The predicted octanol–water partition coefficient (Wildman–Crippen LogP) is 4.40. The maximum absolute atomic E-state index is 12.5. The summed E-state index contributed by atoms with van der Waals surface area (Å²) in [5.74, 6) is 0.560. The quantitative estimate of drug-likeness (QED) is 0.491. The molecule has 190 valence electrons. The van der Waals surface area contributed by atoms with Crippen LogP contribution in [0.1, 0.15) is 47.7 Å². The number of carbonyl (C=O) groups excluding carboxylic acids is 1. The Morgan fingerprint density at radius 3 is 2.43 bits per heavy atom. The molecular weight excluding hydrogens is 462 g/mol. The smallest absolute Gasteiger partial charge is 0.251 e. The molecule has 0 spiro atoms. The molecule has 35 heavy (non-hydrogen) atoms. The van der Waals surface area contributed by atoms with Gasteiger partial charge in [0.2, 0.25) is 0 Å². The van der Waals surface area contributed by atoms with Gasteiger partial charge < -0.3 is 14.8 Å². The average molecular weight is 500 g/mol. The normalized spacial score (nSPS) is 17.9. The van der Waals surface area contributed by atoms with Gasteiger partial charge in [-0.1, -0.05) is 42.8 Å². The van der Waals surface area contributed by atoms with E-state index in [0.29, 0.717) is 22.9 Å². The molecule has 2 aromatic rings. The minimum absolute atomic E-state index is 0.0966. The molecule has 6 nitrogen and oxygen atoms in total. The number of likely N-dealkylation sites (tertiary alicyclic amines) is 1. The van der Waals surface area contributed by atoms with Crippen LogP contribution >= 0.6 is 11.6 Å². The number of halogens is 1. The molecular formula is C28H38ClN3O3. The van der Waals surface area contributed by atoms with Crippen LogP contribution < -0.4 is 10.1 Å². The second kappa shape index (κ2) is 13.3. The van der Waals surface area contributed by atoms with E-state index >= 15 is 0 Å². The molecule has 2 fully saturated rings. The van der Waals surface area contributed by atoms with Crippen molar-refractivity contribution < 1.29 is 14.3 Å². The fourth-order valence-corrected chi connectivity index (χ4v) is 4.90. The van der Waals surface area contributed by atoms with Gasteiger partial charge in [-0.2, -0.15) is 0 Å². The summed E-state index contributed by atoms with van der Waals surface area (Å²) in [5.41, 5.74) is 3.31. The average Bonchev–Trinajstić information content (AvgIpc) is 2.90. The van der Waals surface area contributed by atoms with Gasteiger partial charge in [0.1, 0.15) is 11.9 Å². The number of hydrogen-bond donors (Lipinski definition) is 1. The van der Waals surface area contributed by atoms with Gasteiger partial charge >= 0.3 is 0 Å². The van der Waals surface area contributed by atoms with E-state index < -0.39 is 0 Å². The van der Waals surface area contributed by atoms with Gasteiger partial charge in [-0.25, -0.2) is 0 Å². The third kappa shape index (κ3) is 7.94. The number of piperidine rings is 1. The zero-order valence-corrected chi connectivity index (χ0v) is 21.6. The van der Waals surface area contributed by atoms with Gasteiger partial charge in [0.15, 0.2) is 0 Å². The lowest BCUT2D eigenvalue weighted by Gasteiger charge is -2.32. The summed E-state index contributed by atoms with van der Waals surface area (Å²) >= 11 is 6.48. The van der Waals surface area contributed by atoms with Gasteiger partial charge in [-0.05, 0) is 61.6 Å². The Kier molecular flexibility index (Phi) is 9.83. The number of ether oxygens (including phenoxy) is 2. The third-order valence-corrected chi connectivity index (χ3v) is 7.20. The third-order valence-electron chi connectivity index (χ3n) is 6.90. The van der Waals surface area contributed by atoms with Crippen molar-refractivity contribution in [1.82, 2.24) is 15.1 Å². The summed E-state index contributed by atoms with van der Waals surface area (Å²) in [7, 11) is 0. The lowest BCUT2D eigenvalue weighted by atomic mass is 10.1. The van der Waals surface area contributed by atoms with Crippen LogP contribution in [0.4, 0.5) is 0 Å². The lowest BCUT2D eigenvalue weighted by molar-refractivity contribution is 0.0374. The number of morpholine rings is 1. The van der Waals surface area contributed by atoms with Crippen molar-refractivity contribution in [1.29, 1.82) is 0 Å². The summed E-state index contributed by atoms with van der Waals surface area (Å²) in [6.45, 7) is 10.3. The highest BCUT2D eigenvalue weighted by Gasteiger charge is 2.22. The predicted molar refractivity (Wildman–Crippen MR) is 140 cm³/mol. The Balaban J connectivity index is 1.18. The fourth-order valence-electron chi connectivity index (χ4n) is 4.67. The standard InChI is InChI=1S/C28H38ClN3O3/c1-2-22-4-6-23(7-5-22)21-32-14-10-25(11-15-32)35-27-9-8-24(20-26(27)29)28(33)30-12-3-13-31-16-18-34-19-17-31/h4-9,20,25H,2-3,10-19,21H2,1H3,(H,30,33). The maximum Gasteiger partial charge on any atom is 0.251 e. The van der Waals surface area contributed by atoms with Gasteiger partial charge in [-0.3, -0.25) is 14.6 Å². The largest absolute Gasteiger partial charge is 0.489 e. The molecule has 0 bridgehead atoms. The van der Waals surface area contributed by atoms with Crippen LogP contribution in [0.5, 0.6) is 5.75 Å². The number of benzene rings is 2. The van der Waals surface area contributed by atoms with E-state index in [1.54, 1.807) is 12.1 Å². The molecule has 0 radical (unpaired) electrons. The molecule has 2 heterocycles. The van der Waals surface area contributed by atoms with Gasteiger partial charge in [0.25, 0.3) is 5.91 Å². The summed E-state index contributed by atoms with van der Waals surface area (Å²) in [4.78, 5) is 17.4. The number of nitrogens with zero attached hydrogens (tertiary/aromatic N) is 2. The van der Waals surface area contributed by atoms with Crippen molar-refractivity contribution in [2.45, 2.75) is 45.3 Å². The summed E-state index contributed by atoms with van der Waals surface area (Å²) in [5, 5.41) is 3.49. The molecule has 2 aromatic carbocycles. The first-order valence-electron chi connectivity index (χ1n) is 13.0. The monoisotopic (exact) mass is 499 g/mol. The minimum atomic E-state index is -0.0966. The molecule has 2 aliphatic rings. The van der Waals surface area contributed by atoms with Gasteiger partial charge in [0, 0.05) is 44.8 Å². The molecule has 0 atom stereocenters. The van der Waals surface area contributed by atoms with Crippen LogP contribution in [0.15, 0.2) is 42.5 Å². The highest BCUT2D eigenvalue weighted by atomic mass is 35.5. The fraction of sp³-hybridized carbons (Fsp3) is 0.536. The molecule has 0 saturated carbocycles. The number of amides is 1. The topological polar surface area (TPSA) is 54.0 Å². The number of hydrogen-bond acceptors (Lipinski definition) is 5. The van der Waals surface area contributed by atoms with Crippen molar-refractivity contribution in [3.63, 3.8) is 0 Å². The maximum atomic E-state index is 12.5. The molecule has 0 aromatic heterocycles. The van der Waals surface area contributed by atoms with Crippen LogP contribution in [0.2, 0.25) is 5.02 Å². The number of nitrogens with one attached hydrogen (secondary N) is 1. The van der Waals surface area contributed by atoms with E-state index in [2.05, 4.69) is 46.3 Å². The van der Waals surface area contributed by atoms with Crippen molar-refractivity contribution in [3.8, 4) is 5.75 Å². The summed E-state index contributed by atoms with van der Waals surface area (Å²) in [6, 6.07) is 14.3. The Morgan fingerprint density at radius 2 is 1.74 bits per heavy atom. The van der Waals surface area contributed by atoms with E-state index in [0.717, 1.165) is 78.2 Å². The van der Waals surface area contributed by atoms with E-state index in [1.807, 2.05) is 6.07 Å². The second-order valence-electron chi connectivity index (χ2n) is 9.47. The second-order valence-corrected chi connectivity index (χ2v) is 9.88. The molecule has 1 N–H and O–H groups in total. The molecule has 0 unspecified atom stereocenters. The van der Waals surface area contributed by atoms with Crippen LogP contribution in [-0.4, -0.2) is 74.3 Å². The van der Waals surface area contributed by atoms with Crippen LogP contribution in [0, 0.1) is 0 Å². The van der Waals surface area contributed by atoms with Crippen LogP contribution in [0.3, 0.4) is 0 Å².